The molecule has 0 aliphatic carbocycles. The number of amides is 1. The highest BCUT2D eigenvalue weighted by atomic mass is 32.1. The second-order valence-corrected chi connectivity index (χ2v) is 6.20. The molecule has 0 saturated carbocycles. The molecule has 0 aromatic carbocycles. The minimum absolute atomic E-state index is 0.239. The smallest absolute Gasteiger partial charge is 0.265 e. The maximum atomic E-state index is 12.1. The number of nitrogen functional groups attached to an aromatic ring is 1. The molecular weight excluding hydrogens is 288 g/mol. The quantitative estimate of drug-likeness (QED) is 0.763. The Morgan fingerprint density at radius 2 is 2.24 bits per heavy atom. The fraction of sp³-hybridized carbons (Fsp3) is 0.429. The number of nitrogens with one attached hydrogen (secondary N) is 2. The van der Waals surface area contributed by atoms with E-state index in [0.29, 0.717) is 28.2 Å². The largest absolute Gasteiger partial charge is 0.465 e. The highest BCUT2D eigenvalue weighted by Crippen LogP contribution is 2.25. The number of thiazole rings is 1. The highest BCUT2D eigenvalue weighted by Gasteiger charge is 2.16. The Hall–Kier alpha value is -2.02. The number of carbonyl (C=O) groups is 1. The first-order chi connectivity index (χ1) is 9.95. The van der Waals surface area contributed by atoms with E-state index < -0.39 is 0 Å². The van der Waals surface area contributed by atoms with E-state index in [9.17, 15) is 4.79 Å². The van der Waals surface area contributed by atoms with E-state index >= 15 is 0 Å². The molecule has 0 atom stereocenters. The SMILES string of the molecule is Cc1ccc(CNC(=O)c2sc(NCC(C)C)nc2N)o1. The summed E-state index contributed by atoms with van der Waals surface area (Å²) in [5.74, 6) is 2.03. The van der Waals surface area contributed by atoms with Crippen LogP contribution in [-0.4, -0.2) is 17.4 Å². The van der Waals surface area contributed by atoms with Gasteiger partial charge in [0.1, 0.15) is 22.2 Å². The van der Waals surface area contributed by atoms with Crippen LogP contribution in [0.25, 0.3) is 0 Å². The fourth-order valence-corrected chi connectivity index (χ4v) is 2.50. The minimum atomic E-state index is -0.239. The van der Waals surface area contributed by atoms with Gasteiger partial charge in [0.15, 0.2) is 5.13 Å². The van der Waals surface area contributed by atoms with E-state index in [4.69, 9.17) is 10.2 Å². The van der Waals surface area contributed by atoms with Crippen molar-refractivity contribution in [2.45, 2.75) is 27.3 Å². The number of anilines is 2. The van der Waals surface area contributed by atoms with Gasteiger partial charge >= 0.3 is 0 Å². The van der Waals surface area contributed by atoms with Gasteiger partial charge in [-0.25, -0.2) is 4.98 Å². The first-order valence-electron chi connectivity index (χ1n) is 6.79. The summed E-state index contributed by atoms with van der Waals surface area (Å²) < 4.78 is 5.40. The molecule has 0 aliphatic heterocycles. The van der Waals surface area contributed by atoms with Crippen LogP contribution in [0.15, 0.2) is 16.5 Å². The second kappa shape index (κ2) is 6.62. The number of aromatic nitrogens is 1. The molecule has 114 valence electrons. The second-order valence-electron chi connectivity index (χ2n) is 5.20. The molecule has 0 bridgehead atoms. The van der Waals surface area contributed by atoms with E-state index in [1.807, 2.05) is 19.1 Å². The Balaban J connectivity index is 1.95. The van der Waals surface area contributed by atoms with E-state index in [1.54, 1.807) is 0 Å². The number of rotatable bonds is 6. The van der Waals surface area contributed by atoms with Gasteiger partial charge in [-0.1, -0.05) is 25.2 Å². The lowest BCUT2D eigenvalue weighted by Gasteiger charge is -2.04. The fourth-order valence-electron chi connectivity index (χ4n) is 1.69. The molecule has 0 unspecified atom stereocenters. The zero-order chi connectivity index (χ0) is 15.4. The monoisotopic (exact) mass is 308 g/mol. The summed E-state index contributed by atoms with van der Waals surface area (Å²) in [5, 5.41) is 6.61. The van der Waals surface area contributed by atoms with Crippen molar-refractivity contribution in [3.05, 3.63) is 28.5 Å². The Morgan fingerprint density at radius 3 is 2.86 bits per heavy atom. The number of hydrogen-bond acceptors (Lipinski definition) is 6. The van der Waals surface area contributed by atoms with Crippen molar-refractivity contribution in [1.82, 2.24) is 10.3 Å². The zero-order valence-electron chi connectivity index (χ0n) is 12.4. The van der Waals surface area contributed by atoms with Gasteiger partial charge in [0, 0.05) is 6.54 Å². The normalized spacial score (nSPS) is 10.9. The summed E-state index contributed by atoms with van der Waals surface area (Å²) in [5.41, 5.74) is 5.80. The Bertz CT molecular complexity index is 618. The van der Waals surface area contributed by atoms with Gasteiger partial charge in [-0.2, -0.15) is 0 Å². The van der Waals surface area contributed by atoms with Crippen molar-refractivity contribution in [2.24, 2.45) is 5.92 Å². The minimum Gasteiger partial charge on any atom is -0.465 e. The van der Waals surface area contributed by atoms with Crippen LogP contribution in [0, 0.1) is 12.8 Å². The Morgan fingerprint density at radius 1 is 1.48 bits per heavy atom. The average molecular weight is 308 g/mol. The number of nitrogens with zero attached hydrogens (tertiary/aromatic N) is 1. The molecule has 1 amide bonds. The van der Waals surface area contributed by atoms with Crippen LogP contribution in [0.5, 0.6) is 0 Å². The first-order valence-corrected chi connectivity index (χ1v) is 7.61. The summed E-state index contributed by atoms with van der Waals surface area (Å²) in [6.45, 7) is 7.18. The number of carbonyl (C=O) groups excluding carboxylic acids is 1. The summed E-state index contributed by atoms with van der Waals surface area (Å²) in [4.78, 5) is 16.7. The summed E-state index contributed by atoms with van der Waals surface area (Å²) in [7, 11) is 0. The molecule has 6 nitrogen and oxygen atoms in total. The van der Waals surface area contributed by atoms with Gasteiger partial charge in [-0.15, -0.1) is 0 Å². The van der Waals surface area contributed by atoms with Crippen LogP contribution >= 0.6 is 11.3 Å². The first kappa shape index (κ1) is 15.4. The van der Waals surface area contributed by atoms with E-state index in [2.05, 4.69) is 29.5 Å². The maximum Gasteiger partial charge on any atom is 0.265 e. The molecule has 2 rings (SSSR count). The molecule has 2 heterocycles. The zero-order valence-corrected chi connectivity index (χ0v) is 13.2. The van der Waals surface area contributed by atoms with Gasteiger partial charge in [0.2, 0.25) is 0 Å². The predicted octanol–water partition coefficient (Wildman–Crippen LogP) is 2.62. The number of nitrogens with two attached hydrogens (primary N) is 1. The van der Waals surface area contributed by atoms with Gasteiger partial charge < -0.3 is 20.8 Å². The molecule has 21 heavy (non-hydrogen) atoms. The van der Waals surface area contributed by atoms with Crippen LogP contribution in [0.4, 0.5) is 10.9 Å². The molecule has 4 N–H and O–H groups in total. The van der Waals surface area contributed by atoms with Crippen molar-refractivity contribution in [1.29, 1.82) is 0 Å². The van der Waals surface area contributed by atoms with Crippen molar-refractivity contribution >= 4 is 28.2 Å². The van der Waals surface area contributed by atoms with Gasteiger partial charge in [-0.3, -0.25) is 4.79 Å². The predicted molar refractivity (Wildman–Crippen MR) is 84.5 cm³/mol. The Kier molecular flexibility index (Phi) is 4.85. The van der Waals surface area contributed by atoms with Crippen molar-refractivity contribution in [3.8, 4) is 0 Å². The van der Waals surface area contributed by atoms with Gasteiger partial charge in [0.25, 0.3) is 5.91 Å². The maximum absolute atomic E-state index is 12.1. The lowest BCUT2D eigenvalue weighted by Crippen LogP contribution is -2.22. The van der Waals surface area contributed by atoms with Crippen LogP contribution in [0.3, 0.4) is 0 Å². The van der Waals surface area contributed by atoms with Crippen LogP contribution in [0.2, 0.25) is 0 Å². The van der Waals surface area contributed by atoms with E-state index in [0.717, 1.165) is 12.3 Å². The number of aryl methyl sites for hydroxylation is 1. The van der Waals surface area contributed by atoms with Crippen LogP contribution in [-0.2, 0) is 6.54 Å². The average Bonchev–Trinajstić information content (AvgIpc) is 3.00. The van der Waals surface area contributed by atoms with Crippen molar-refractivity contribution in [3.63, 3.8) is 0 Å². The molecule has 2 aromatic rings. The van der Waals surface area contributed by atoms with Gasteiger partial charge in [-0.05, 0) is 25.0 Å². The summed E-state index contributed by atoms with van der Waals surface area (Å²) in [6, 6.07) is 3.69. The standard InChI is InChI=1S/C14H20N4O2S/c1-8(2)6-17-14-18-12(15)11(21-14)13(19)16-7-10-5-4-9(3)20-10/h4-5,8H,6-7,15H2,1-3H3,(H,16,19)(H,17,18). The van der Waals surface area contributed by atoms with E-state index in [-0.39, 0.29) is 11.7 Å². The third kappa shape index (κ3) is 4.22. The number of hydrogen-bond donors (Lipinski definition) is 3. The molecule has 0 aliphatic rings. The molecule has 0 radical (unpaired) electrons. The summed E-state index contributed by atoms with van der Waals surface area (Å²) >= 11 is 1.26. The third-order valence-electron chi connectivity index (χ3n) is 2.74. The van der Waals surface area contributed by atoms with Gasteiger partial charge in [0.05, 0.1) is 6.54 Å². The topological polar surface area (TPSA) is 93.2 Å². The summed E-state index contributed by atoms with van der Waals surface area (Å²) in [6.07, 6.45) is 0. The highest BCUT2D eigenvalue weighted by molar-refractivity contribution is 7.18. The lowest BCUT2D eigenvalue weighted by atomic mass is 10.2. The molecule has 7 heteroatoms. The molecule has 0 spiro atoms. The number of furan rings is 1. The van der Waals surface area contributed by atoms with E-state index in [1.165, 1.54) is 11.3 Å². The van der Waals surface area contributed by atoms with Crippen molar-refractivity contribution in [2.75, 3.05) is 17.6 Å². The molecule has 0 fully saturated rings. The lowest BCUT2D eigenvalue weighted by molar-refractivity contribution is 0.0952. The molecule has 2 aromatic heterocycles. The van der Waals surface area contributed by atoms with Crippen LogP contribution in [0.1, 0.15) is 35.0 Å². The molecule has 0 saturated heterocycles. The van der Waals surface area contributed by atoms with Crippen LogP contribution < -0.4 is 16.4 Å². The van der Waals surface area contributed by atoms with Crippen molar-refractivity contribution < 1.29 is 9.21 Å². The molecular formula is C14H20N4O2S. The third-order valence-corrected chi connectivity index (χ3v) is 3.77. The Labute approximate surface area is 127 Å².